The van der Waals surface area contributed by atoms with Crippen LogP contribution in [0.15, 0.2) is 42.5 Å². The van der Waals surface area contributed by atoms with Gasteiger partial charge in [0.1, 0.15) is 5.75 Å². The molecule has 1 amide bonds. The number of halogens is 1. The molecule has 24 heavy (non-hydrogen) atoms. The van der Waals surface area contributed by atoms with Crippen molar-refractivity contribution in [3.05, 3.63) is 58.6 Å². The van der Waals surface area contributed by atoms with Gasteiger partial charge in [-0.3, -0.25) is 4.79 Å². The Bertz CT molecular complexity index is 674. The minimum atomic E-state index is 0.0346. The van der Waals surface area contributed by atoms with Gasteiger partial charge in [0.15, 0.2) is 0 Å². The van der Waals surface area contributed by atoms with Crippen LogP contribution in [0.5, 0.6) is 5.75 Å². The summed E-state index contributed by atoms with van der Waals surface area (Å²) in [5.74, 6) is 2.19. The van der Waals surface area contributed by atoms with Gasteiger partial charge in [0.2, 0.25) is 5.91 Å². The molecule has 0 unspecified atom stereocenters. The number of thioether (sulfide) groups is 1. The molecular formula is C19H22ClNO2S. The van der Waals surface area contributed by atoms with E-state index in [0.29, 0.717) is 17.4 Å². The molecule has 2 aromatic carbocycles. The lowest BCUT2D eigenvalue weighted by molar-refractivity contribution is -0.113. The monoisotopic (exact) mass is 363 g/mol. The second-order valence-corrected chi connectivity index (χ2v) is 7.12. The summed E-state index contributed by atoms with van der Waals surface area (Å²) in [7, 11) is 0. The van der Waals surface area contributed by atoms with Crippen molar-refractivity contribution in [3.8, 4) is 5.75 Å². The van der Waals surface area contributed by atoms with Crippen molar-refractivity contribution in [2.45, 2.75) is 20.3 Å². The van der Waals surface area contributed by atoms with E-state index < -0.39 is 0 Å². The first-order valence-corrected chi connectivity index (χ1v) is 9.41. The number of ether oxygens (including phenoxy) is 1. The first-order chi connectivity index (χ1) is 11.5. The van der Waals surface area contributed by atoms with E-state index >= 15 is 0 Å². The standard InChI is InChI=1S/C19H22ClNO2S/c1-14-4-5-15(2)18(12-14)21-19(22)13-24-11-3-10-23-17-8-6-16(20)7-9-17/h4-9,12H,3,10-11,13H2,1-2H3,(H,21,22). The fraction of sp³-hybridized carbons (Fsp3) is 0.316. The Balaban J connectivity index is 1.61. The summed E-state index contributed by atoms with van der Waals surface area (Å²) in [6.07, 6.45) is 0.893. The average Bonchev–Trinajstić information content (AvgIpc) is 2.56. The molecule has 0 aliphatic rings. The van der Waals surface area contributed by atoms with Crippen molar-refractivity contribution in [1.29, 1.82) is 0 Å². The number of hydrogen-bond donors (Lipinski definition) is 1. The Labute approximate surface area is 152 Å². The number of rotatable bonds is 8. The third-order valence-corrected chi connectivity index (χ3v) is 4.71. The quantitative estimate of drug-likeness (QED) is 0.663. The molecule has 0 fully saturated rings. The molecule has 5 heteroatoms. The lowest BCUT2D eigenvalue weighted by Crippen LogP contribution is -2.15. The lowest BCUT2D eigenvalue weighted by atomic mass is 10.1. The third kappa shape index (κ3) is 6.46. The number of carbonyl (C=O) groups is 1. The molecule has 0 aromatic heterocycles. The molecule has 0 heterocycles. The molecule has 0 saturated heterocycles. The summed E-state index contributed by atoms with van der Waals surface area (Å²) in [4.78, 5) is 12.0. The first-order valence-electron chi connectivity index (χ1n) is 7.88. The smallest absolute Gasteiger partial charge is 0.234 e. The zero-order valence-electron chi connectivity index (χ0n) is 14.0. The largest absolute Gasteiger partial charge is 0.494 e. The molecule has 0 spiro atoms. The van der Waals surface area contributed by atoms with Gasteiger partial charge < -0.3 is 10.1 Å². The van der Waals surface area contributed by atoms with Crippen molar-refractivity contribution in [3.63, 3.8) is 0 Å². The Morgan fingerprint density at radius 3 is 2.67 bits per heavy atom. The van der Waals surface area contributed by atoms with Gasteiger partial charge >= 0.3 is 0 Å². The number of nitrogens with one attached hydrogen (secondary N) is 1. The maximum Gasteiger partial charge on any atom is 0.234 e. The van der Waals surface area contributed by atoms with E-state index in [9.17, 15) is 4.79 Å². The molecule has 128 valence electrons. The number of aryl methyl sites for hydroxylation is 2. The summed E-state index contributed by atoms with van der Waals surface area (Å²) >= 11 is 7.44. The van der Waals surface area contributed by atoms with Gasteiger partial charge in [0, 0.05) is 10.7 Å². The van der Waals surface area contributed by atoms with Crippen LogP contribution in [0.1, 0.15) is 17.5 Å². The van der Waals surface area contributed by atoms with Gasteiger partial charge in [0.25, 0.3) is 0 Å². The molecule has 0 radical (unpaired) electrons. The van der Waals surface area contributed by atoms with Crippen molar-refractivity contribution in [2.75, 3.05) is 23.4 Å². The fourth-order valence-electron chi connectivity index (χ4n) is 2.10. The number of benzene rings is 2. The number of hydrogen-bond acceptors (Lipinski definition) is 3. The van der Waals surface area contributed by atoms with E-state index in [4.69, 9.17) is 16.3 Å². The van der Waals surface area contributed by atoms with E-state index in [0.717, 1.165) is 34.7 Å². The molecule has 2 aromatic rings. The third-order valence-electron chi connectivity index (χ3n) is 3.42. The summed E-state index contributed by atoms with van der Waals surface area (Å²) in [5.41, 5.74) is 3.12. The van der Waals surface area contributed by atoms with Crippen LogP contribution in [0.3, 0.4) is 0 Å². The van der Waals surface area contributed by atoms with Crippen molar-refractivity contribution in [2.24, 2.45) is 0 Å². The van der Waals surface area contributed by atoms with E-state index in [1.807, 2.05) is 56.3 Å². The highest BCUT2D eigenvalue weighted by atomic mass is 35.5. The highest BCUT2D eigenvalue weighted by molar-refractivity contribution is 7.99. The predicted octanol–water partition coefficient (Wildman–Crippen LogP) is 5.10. The van der Waals surface area contributed by atoms with E-state index in [1.54, 1.807) is 11.8 Å². The minimum absolute atomic E-state index is 0.0346. The highest BCUT2D eigenvalue weighted by Crippen LogP contribution is 2.17. The van der Waals surface area contributed by atoms with E-state index in [1.165, 1.54) is 0 Å². The molecule has 0 atom stereocenters. The van der Waals surface area contributed by atoms with Crippen LogP contribution in [0.2, 0.25) is 5.02 Å². The van der Waals surface area contributed by atoms with E-state index in [-0.39, 0.29) is 5.91 Å². The number of amides is 1. The summed E-state index contributed by atoms with van der Waals surface area (Å²) < 4.78 is 5.62. The second kappa shape index (κ2) is 9.60. The molecular weight excluding hydrogens is 342 g/mol. The minimum Gasteiger partial charge on any atom is -0.494 e. The molecule has 1 N–H and O–H groups in total. The lowest BCUT2D eigenvalue weighted by Gasteiger charge is -2.09. The summed E-state index contributed by atoms with van der Waals surface area (Å²) in [6, 6.07) is 13.4. The predicted molar refractivity (Wildman–Crippen MR) is 103 cm³/mol. The van der Waals surface area contributed by atoms with Gasteiger partial charge in [-0.15, -0.1) is 0 Å². The zero-order chi connectivity index (χ0) is 17.4. The Hall–Kier alpha value is -1.65. The molecule has 0 saturated carbocycles. The average molecular weight is 364 g/mol. The van der Waals surface area contributed by atoms with Crippen LogP contribution in [-0.4, -0.2) is 24.0 Å². The van der Waals surface area contributed by atoms with Gasteiger partial charge in [-0.05, 0) is 67.5 Å². The van der Waals surface area contributed by atoms with Crippen LogP contribution in [-0.2, 0) is 4.79 Å². The highest BCUT2D eigenvalue weighted by Gasteiger charge is 2.05. The van der Waals surface area contributed by atoms with Gasteiger partial charge in [-0.1, -0.05) is 23.7 Å². The van der Waals surface area contributed by atoms with E-state index in [2.05, 4.69) is 5.32 Å². The Morgan fingerprint density at radius 2 is 1.92 bits per heavy atom. The van der Waals surface area contributed by atoms with Gasteiger partial charge in [0.05, 0.1) is 12.4 Å². The van der Waals surface area contributed by atoms with Crippen LogP contribution < -0.4 is 10.1 Å². The maximum atomic E-state index is 12.0. The molecule has 2 rings (SSSR count). The van der Waals surface area contributed by atoms with Crippen LogP contribution in [0, 0.1) is 13.8 Å². The topological polar surface area (TPSA) is 38.3 Å². The maximum absolute atomic E-state index is 12.0. The zero-order valence-corrected chi connectivity index (χ0v) is 15.5. The SMILES string of the molecule is Cc1ccc(C)c(NC(=O)CSCCCOc2ccc(Cl)cc2)c1. The van der Waals surface area contributed by atoms with Gasteiger partial charge in [-0.2, -0.15) is 11.8 Å². The van der Waals surface area contributed by atoms with Crippen LogP contribution >= 0.6 is 23.4 Å². The number of carbonyl (C=O) groups excluding carboxylic acids is 1. The number of anilines is 1. The second-order valence-electron chi connectivity index (χ2n) is 5.58. The molecule has 0 aliphatic carbocycles. The summed E-state index contributed by atoms with van der Waals surface area (Å²) in [6.45, 7) is 4.65. The molecule has 3 nitrogen and oxygen atoms in total. The van der Waals surface area contributed by atoms with Gasteiger partial charge in [-0.25, -0.2) is 0 Å². The van der Waals surface area contributed by atoms with Crippen molar-refractivity contribution in [1.82, 2.24) is 0 Å². The normalized spacial score (nSPS) is 10.5. The Morgan fingerprint density at radius 1 is 1.17 bits per heavy atom. The Kier molecular flexibility index (Phi) is 7.47. The van der Waals surface area contributed by atoms with Crippen molar-refractivity contribution >= 4 is 35.0 Å². The van der Waals surface area contributed by atoms with Crippen LogP contribution in [0.4, 0.5) is 5.69 Å². The molecule has 0 bridgehead atoms. The first kappa shape index (κ1) is 18.7. The van der Waals surface area contributed by atoms with Crippen molar-refractivity contribution < 1.29 is 9.53 Å². The summed E-state index contributed by atoms with van der Waals surface area (Å²) in [5, 5.41) is 3.67. The fourth-order valence-corrected chi connectivity index (χ4v) is 2.95. The molecule has 0 aliphatic heterocycles. The van der Waals surface area contributed by atoms with Crippen LogP contribution in [0.25, 0.3) is 0 Å².